The van der Waals surface area contributed by atoms with Crippen LogP contribution in [0.15, 0.2) is 22.0 Å². The van der Waals surface area contributed by atoms with Crippen molar-refractivity contribution in [2.24, 2.45) is 44.8 Å². The number of nitrogens with zero attached hydrogens (tertiary/aromatic N) is 2. The molecule has 0 bridgehead atoms. The topological polar surface area (TPSA) is 65.2 Å². The molecule has 138 valence electrons. The molecule has 3 fully saturated rings. The predicted octanol–water partition coefficient (Wildman–Crippen LogP) is 5.25. The Bertz CT molecular complexity index is 652. The van der Waals surface area contributed by atoms with E-state index in [2.05, 4.69) is 30.2 Å². The average Bonchev–Trinajstić information content (AvgIpc) is 2.97. The van der Waals surface area contributed by atoms with Gasteiger partial charge >= 0.3 is 0 Å². The largest absolute Gasteiger partial charge is 0.411 e. The third kappa shape index (κ3) is 2.32. The van der Waals surface area contributed by atoms with Crippen LogP contribution in [-0.2, 0) is 0 Å². The normalized spacial score (nSPS) is 48.5. The van der Waals surface area contributed by atoms with Gasteiger partial charge in [-0.15, -0.1) is 0 Å². The Balaban J connectivity index is 1.65. The minimum atomic E-state index is 0.288. The van der Waals surface area contributed by atoms with Crippen LogP contribution in [0, 0.1) is 34.5 Å². The van der Waals surface area contributed by atoms with Gasteiger partial charge in [0.1, 0.15) is 0 Å². The molecule has 25 heavy (non-hydrogen) atoms. The summed E-state index contributed by atoms with van der Waals surface area (Å²) >= 11 is 0. The third-order valence-corrected chi connectivity index (χ3v) is 8.77. The Kier molecular flexibility index (Phi) is 4.01. The fourth-order valence-corrected chi connectivity index (χ4v) is 7.41. The molecule has 4 heteroatoms. The Hall–Kier alpha value is -1.32. The molecule has 0 aliphatic heterocycles. The first-order valence-corrected chi connectivity index (χ1v) is 10.0. The second-order valence-electron chi connectivity index (χ2n) is 9.51. The maximum atomic E-state index is 9.32. The first-order chi connectivity index (χ1) is 11.9. The second-order valence-corrected chi connectivity index (χ2v) is 9.51. The SMILES string of the molecule is CC(=NO)[C@@H]1CC[C@@H]2[C@H]3CCC4=C/C(=N\O)CC[C@]4(C)[C@@H]3CC[C@]21C. The van der Waals surface area contributed by atoms with Crippen LogP contribution in [0.4, 0.5) is 0 Å². The summed E-state index contributed by atoms with van der Waals surface area (Å²) in [7, 11) is 0. The molecule has 4 aliphatic rings. The Morgan fingerprint density at radius 2 is 1.84 bits per heavy atom. The van der Waals surface area contributed by atoms with Gasteiger partial charge in [-0.3, -0.25) is 0 Å². The molecule has 0 aromatic heterocycles. The van der Waals surface area contributed by atoms with E-state index >= 15 is 0 Å². The van der Waals surface area contributed by atoms with Gasteiger partial charge in [0.2, 0.25) is 0 Å². The molecular weight excluding hydrogens is 312 g/mol. The van der Waals surface area contributed by atoms with Crippen molar-refractivity contribution >= 4 is 11.4 Å². The number of hydrogen-bond donors (Lipinski definition) is 2. The summed E-state index contributed by atoms with van der Waals surface area (Å²) in [4.78, 5) is 0. The molecule has 0 saturated heterocycles. The summed E-state index contributed by atoms with van der Waals surface area (Å²) in [6, 6.07) is 0. The average molecular weight is 344 g/mol. The highest BCUT2D eigenvalue weighted by Gasteiger charge is 2.59. The van der Waals surface area contributed by atoms with Gasteiger partial charge in [0.15, 0.2) is 0 Å². The zero-order valence-electron chi connectivity index (χ0n) is 15.8. The van der Waals surface area contributed by atoms with Crippen molar-refractivity contribution in [1.82, 2.24) is 0 Å². The Labute approximate surface area is 151 Å². The summed E-state index contributed by atoms with van der Waals surface area (Å²) in [5.41, 5.74) is 3.92. The van der Waals surface area contributed by atoms with E-state index in [0.29, 0.717) is 11.3 Å². The van der Waals surface area contributed by atoms with E-state index in [9.17, 15) is 10.4 Å². The van der Waals surface area contributed by atoms with Gasteiger partial charge in [-0.25, -0.2) is 0 Å². The van der Waals surface area contributed by atoms with E-state index in [1.54, 1.807) is 0 Å². The molecule has 2 N–H and O–H groups in total. The molecule has 0 unspecified atom stereocenters. The smallest absolute Gasteiger partial charge is 0.0795 e. The Morgan fingerprint density at radius 3 is 2.56 bits per heavy atom. The lowest BCUT2D eigenvalue weighted by molar-refractivity contribution is -0.0410. The molecule has 0 aromatic rings. The molecule has 4 aliphatic carbocycles. The minimum absolute atomic E-state index is 0.288. The van der Waals surface area contributed by atoms with E-state index in [1.165, 1.54) is 37.7 Å². The maximum Gasteiger partial charge on any atom is 0.0795 e. The third-order valence-electron chi connectivity index (χ3n) is 8.77. The number of hydrogen-bond acceptors (Lipinski definition) is 4. The van der Waals surface area contributed by atoms with Crippen LogP contribution in [0.3, 0.4) is 0 Å². The maximum absolute atomic E-state index is 9.32. The molecule has 0 spiro atoms. The van der Waals surface area contributed by atoms with Gasteiger partial charge in [-0.2, -0.15) is 0 Å². The van der Waals surface area contributed by atoms with Gasteiger partial charge in [0, 0.05) is 5.92 Å². The van der Waals surface area contributed by atoms with Crippen LogP contribution < -0.4 is 0 Å². The molecule has 4 nitrogen and oxygen atoms in total. The fraction of sp³-hybridized carbons (Fsp3) is 0.810. The van der Waals surface area contributed by atoms with E-state index in [1.807, 2.05) is 6.92 Å². The van der Waals surface area contributed by atoms with Crippen LogP contribution in [0.2, 0.25) is 0 Å². The molecular formula is C21H32N2O2. The zero-order chi connectivity index (χ0) is 17.8. The second kappa shape index (κ2) is 5.85. The van der Waals surface area contributed by atoms with Crippen LogP contribution >= 0.6 is 0 Å². The minimum Gasteiger partial charge on any atom is -0.411 e. The number of rotatable bonds is 1. The molecule has 3 saturated carbocycles. The van der Waals surface area contributed by atoms with E-state index < -0.39 is 0 Å². The van der Waals surface area contributed by atoms with Gasteiger partial charge in [-0.1, -0.05) is 29.7 Å². The molecule has 0 aromatic carbocycles. The van der Waals surface area contributed by atoms with Gasteiger partial charge in [0.25, 0.3) is 0 Å². The number of oxime groups is 2. The van der Waals surface area contributed by atoms with Crippen molar-refractivity contribution in [2.45, 2.75) is 72.1 Å². The van der Waals surface area contributed by atoms with Crippen molar-refractivity contribution in [3.8, 4) is 0 Å². The van der Waals surface area contributed by atoms with E-state index in [0.717, 1.165) is 48.4 Å². The number of fused-ring (bicyclic) bond motifs is 5. The standard InChI is InChI=1S/C21H32N2O2/c1-13(22-24)17-6-7-18-16-5-4-14-12-15(23-25)8-10-20(14,2)19(16)9-11-21(17,18)3/h12,16-19,24-25H,4-11H2,1-3H3/b22-13?,23-15-/t16-,17+,18-,19-,20+,21+/m1/s1. The van der Waals surface area contributed by atoms with E-state index in [4.69, 9.17) is 0 Å². The van der Waals surface area contributed by atoms with Crippen LogP contribution in [0.1, 0.15) is 72.1 Å². The van der Waals surface area contributed by atoms with Crippen LogP contribution in [-0.4, -0.2) is 21.8 Å². The molecule has 6 atom stereocenters. The zero-order valence-corrected chi connectivity index (χ0v) is 15.8. The predicted molar refractivity (Wildman–Crippen MR) is 99.3 cm³/mol. The highest BCUT2D eigenvalue weighted by molar-refractivity contribution is 5.96. The quantitative estimate of drug-likeness (QED) is 0.388. The lowest BCUT2D eigenvalue weighted by Gasteiger charge is -2.58. The van der Waals surface area contributed by atoms with Crippen molar-refractivity contribution < 1.29 is 10.4 Å². The van der Waals surface area contributed by atoms with Gasteiger partial charge in [-0.05, 0) is 93.0 Å². The van der Waals surface area contributed by atoms with Gasteiger partial charge in [0.05, 0.1) is 11.4 Å². The lowest BCUT2D eigenvalue weighted by atomic mass is 9.46. The lowest BCUT2D eigenvalue weighted by Crippen LogP contribution is -2.51. The van der Waals surface area contributed by atoms with Crippen molar-refractivity contribution in [3.63, 3.8) is 0 Å². The number of allylic oxidation sites excluding steroid dienone is 2. The van der Waals surface area contributed by atoms with Crippen LogP contribution in [0.25, 0.3) is 0 Å². The van der Waals surface area contributed by atoms with Crippen molar-refractivity contribution in [2.75, 3.05) is 0 Å². The summed E-state index contributed by atoms with van der Waals surface area (Å²) < 4.78 is 0. The first-order valence-electron chi connectivity index (χ1n) is 10.0. The summed E-state index contributed by atoms with van der Waals surface area (Å²) in [5, 5.41) is 25.6. The summed E-state index contributed by atoms with van der Waals surface area (Å²) in [6.07, 6.45) is 11.6. The molecule has 4 rings (SSSR count). The molecule has 0 radical (unpaired) electrons. The van der Waals surface area contributed by atoms with Gasteiger partial charge < -0.3 is 10.4 Å². The van der Waals surface area contributed by atoms with Crippen molar-refractivity contribution in [1.29, 1.82) is 0 Å². The molecule has 0 heterocycles. The highest BCUT2D eigenvalue weighted by atomic mass is 16.4. The molecule has 0 amide bonds. The monoisotopic (exact) mass is 344 g/mol. The fourth-order valence-electron chi connectivity index (χ4n) is 7.41. The summed E-state index contributed by atoms with van der Waals surface area (Å²) in [5.74, 6) is 2.77. The Morgan fingerprint density at radius 1 is 1.04 bits per heavy atom. The summed E-state index contributed by atoms with van der Waals surface area (Å²) in [6.45, 7) is 6.94. The highest BCUT2D eigenvalue weighted by Crippen LogP contribution is 2.66. The van der Waals surface area contributed by atoms with E-state index in [-0.39, 0.29) is 5.41 Å². The first kappa shape index (κ1) is 17.1. The van der Waals surface area contributed by atoms with Crippen LogP contribution in [0.5, 0.6) is 0 Å². The van der Waals surface area contributed by atoms with Crippen molar-refractivity contribution in [3.05, 3.63) is 11.6 Å².